The maximum atomic E-state index is 12.1. The van der Waals surface area contributed by atoms with Crippen LogP contribution in [-0.2, 0) is 9.53 Å². The molecule has 0 saturated heterocycles. The Morgan fingerprint density at radius 3 is 1.90 bits per heavy atom. The molecule has 0 aromatic rings. The Labute approximate surface area is 131 Å². The Morgan fingerprint density at radius 2 is 1.57 bits per heavy atom. The van der Waals surface area contributed by atoms with Crippen LogP contribution in [0.4, 0.5) is 0 Å². The highest BCUT2D eigenvalue weighted by molar-refractivity contribution is 5.71. The van der Waals surface area contributed by atoms with Gasteiger partial charge in [-0.05, 0) is 25.2 Å². The van der Waals surface area contributed by atoms with E-state index in [9.17, 15) is 9.90 Å². The minimum absolute atomic E-state index is 0.0960. The molecule has 21 heavy (non-hydrogen) atoms. The molecule has 0 fully saturated rings. The Morgan fingerprint density at radius 1 is 1.05 bits per heavy atom. The van der Waals surface area contributed by atoms with Gasteiger partial charge in [0.2, 0.25) is 0 Å². The zero-order chi connectivity index (χ0) is 16.5. The van der Waals surface area contributed by atoms with Crippen molar-refractivity contribution in [3.63, 3.8) is 0 Å². The fourth-order valence-electron chi connectivity index (χ4n) is 3.37. The molecule has 0 heterocycles. The van der Waals surface area contributed by atoms with Gasteiger partial charge in [0, 0.05) is 5.41 Å². The highest BCUT2D eigenvalue weighted by Crippen LogP contribution is 2.40. The number of esters is 1. The highest BCUT2D eigenvalue weighted by Gasteiger charge is 2.42. The molecule has 0 radical (unpaired) electrons. The zero-order valence-corrected chi connectivity index (χ0v) is 14.9. The molecule has 0 aromatic heterocycles. The molecule has 0 spiro atoms. The first-order valence-electron chi connectivity index (χ1n) is 8.69. The van der Waals surface area contributed by atoms with E-state index < -0.39 is 0 Å². The monoisotopic (exact) mass is 300 g/mol. The number of hydrogen-bond acceptors (Lipinski definition) is 3. The van der Waals surface area contributed by atoms with Crippen LogP contribution in [0.2, 0.25) is 0 Å². The zero-order valence-electron chi connectivity index (χ0n) is 14.9. The summed E-state index contributed by atoms with van der Waals surface area (Å²) in [6.45, 7) is 12.4. The minimum atomic E-state index is -0.289. The van der Waals surface area contributed by atoms with Crippen LogP contribution in [0.25, 0.3) is 0 Å². The smallest absolute Gasteiger partial charge is 0.308 e. The molecule has 0 aromatic carbocycles. The standard InChI is InChI=1S/C18H36O3/c1-7-10-15(6)16(21-17(20)14(4)5)18(13-19,11-8-2)12-9-3/h14-16,19H,7-13H2,1-6H3. The summed E-state index contributed by atoms with van der Waals surface area (Å²) in [5.41, 5.74) is -0.289. The topological polar surface area (TPSA) is 46.5 Å². The largest absolute Gasteiger partial charge is 0.461 e. The summed E-state index contributed by atoms with van der Waals surface area (Å²) in [4.78, 5) is 12.1. The normalized spacial score (nSPS) is 15.0. The second kappa shape index (κ2) is 10.2. The highest BCUT2D eigenvalue weighted by atomic mass is 16.5. The lowest BCUT2D eigenvalue weighted by Crippen LogP contribution is -2.46. The van der Waals surface area contributed by atoms with Crippen molar-refractivity contribution in [2.24, 2.45) is 17.3 Å². The number of ether oxygens (including phenoxy) is 1. The Bertz CT molecular complexity index is 280. The summed E-state index contributed by atoms with van der Waals surface area (Å²) >= 11 is 0. The molecule has 1 N–H and O–H groups in total. The first-order valence-corrected chi connectivity index (χ1v) is 8.69. The lowest BCUT2D eigenvalue weighted by molar-refractivity contribution is -0.169. The molecule has 0 bridgehead atoms. The van der Waals surface area contributed by atoms with E-state index in [-0.39, 0.29) is 35.9 Å². The maximum absolute atomic E-state index is 12.1. The summed E-state index contributed by atoms with van der Waals surface area (Å²) in [6, 6.07) is 0. The van der Waals surface area contributed by atoms with Gasteiger partial charge >= 0.3 is 5.97 Å². The summed E-state index contributed by atoms with van der Waals surface area (Å²) in [7, 11) is 0. The van der Waals surface area contributed by atoms with Crippen molar-refractivity contribution in [1.82, 2.24) is 0 Å². The third-order valence-corrected chi connectivity index (χ3v) is 4.39. The van der Waals surface area contributed by atoms with Gasteiger partial charge in [0.25, 0.3) is 0 Å². The lowest BCUT2D eigenvalue weighted by Gasteiger charge is -2.42. The van der Waals surface area contributed by atoms with Gasteiger partial charge in [0.15, 0.2) is 0 Å². The van der Waals surface area contributed by atoms with Gasteiger partial charge in [-0.2, -0.15) is 0 Å². The molecule has 2 atom stereocenters. The Balaban J connectivity index is 5.40. The average molecular weight is 300 g/mol. The van der Waals surface area contributed by atoms with Crippen LogP contribution in [0.1, 0.15) is 80.1 Å². The van der Waals surface area contributed by atoms with Crippen molar-refractivity contribution < 1.29 is 14.6 Å². The molecule has 0 saturated carbocycles. The van der Waals surface area contributed by atoms with Crippen LogP contribution in [0, 0.1) is 17.3 Å². The van der Waals surface area contributed by atoms with Crippen molar-refractivity contribution in [3.05, 3.63) is 0 Å². The predicted octanol–water partition coefficient (Wildman–Crippen LogP) is 4.57. The first-order chi connectivity index (χ1) is 9.88. The summed E-state index contributed by atoms with van der Waals surface area (Å²) in [5.74, 6) is 0.0110. The molecule has 3 heteroatoms. The molecule has 0 rings (SSSR count). The van der Waals surface area contributed by atoms with Crippen LogP contribution in [-0.4, -0.2) is 23.8 Å². The maximum Gasteiger partial charge on any atom is 0.308 e. The van der Waals surface area contributed by atoms with E-state index in [1.54, 1.807) is 0 Å². The number of hydrogen-bond donors (Lipinski definition) is 1. The van der Waals surface area contributed by atoms with E-state index in [0.717, 1.165) is 38.5 Å². The van der Waals surface area contributed by atoms with Gasteiger partial charge in [-0.1, -0.05) is 60.8 Å². The van der Waals surface area contributed by atoms with Gasteiger partial charge in [0.05, 0.1) is 12.5 Å². The Hall–Kier alpha value is -0.570. The van der Waals surface area contributed by atoms with Gasteiger partial charge in [-0.15, -0.1) is 0 Å². The van der Waals surface area contributed by atoms with E-state index in [1.807, 2.05) is 13.8 Å². The summed E-state index contributed by atoms with van der Waals surface area (Å²) < 4.78 is 5.89. The van der Waals surface area contributed by atoms with E-state index >= 15 is 0 Å². The van der Waals surface area contributed by atoms with Crippen LogP contribution >= 0.6 is 0 Å². The van der Waals surface area contributed by atoms with Crippen LogP contribution in [0.3, 0.4) is 0 Å². The minimum Gasteiger partial charge on any atom is -0.461 e. The molecule has 3 nitrogen and oxygen atoms in total. The molecule has 0 amide bonds. The molecular formula is C18H36O3. The Kier molecular flexibility index (Phi) is 9.93. The second-order valence-electron chi connectivity index (χ2n) is 6.80. The number of aliphatic hydroxyl groups excluding tert-OH is 1. The molecule has 126 valence electrons. The number of aliphatic hydroxyl groups is 1. The summed E-state index contributed by atoms with van der Waals surface area (Å²) in [6.07, 6.45) is 5.70. The van der Waals surface area contributed by atoms with Crippen molar-refractivity contribution >= 4 is 5.97 Å². The molecule has 0 aliphatic rings. The van der Waals surface area contributed by atoms with Gasteiger partial charge < -0.3 is 9.84 Å². The summed E-state index contributed by atoms with van der Waals surface area (Å²) in [5, 5.41) is 10.1. The van der Waals surface area contributed by atoms with Crippen LogP contribution < -0.4 is 0 Å². The van der Waals surface area contributed by atoms with Gasteiger partial charge in [0.1, 0.15) is 6.10 Å². The van der Waals surface area contributed by atoms with Crippen LogP contribution in [0.15, 0.2) is 0 Å². The third-order valence-electron chi connectivity index (χ3n) is 4.39. The lowest BCUT2D eigenvalue weighted by atomic mass is 9.70. The van der Waals surface area contributed by atoms with E-state index in [2.05, 4.69) is 27.7 Å². The van der Waals surface area contributed by atoms with E-state index in [0.29, 0.717) is 0 Å². The van der Waals surface area contributed by atoms with Crippen LogP contribution in [0.5, 0.6) is 0 Å². The van der Waals surface area contributed by atoms with E-state index in [4.69, 9.17) is 4.74 Å². The van der Waals surface area contributed by atoms with Gasteiger partial charge in [-0.25, -0.2) is 0 Å². The average Bonchev–Trinajstić information content (AvgIpc) is 2.44. The fraction of sp³-hybridized carbons (Fsp3) is 0.944. The predicted molar refractivity (Wildman–Crippen MR) is 88.1 cm³/mol. The SMILES string of the molecule is CCCC(C)C(OC(=O)C(C)C)C(CO)(CCC)CCC. The number of rotatable bonds is 11. The fourth-order valence-corrected chi connectivity index (χ4v) is 3.37. The molecule has 0 aliphatic carbocycles. The molecular weight excluding hydrogens is 264 g/mol. The quantitative estimate of drug-likeness (QED) is 0.569. The second-order valence-corrected chi connectivity index (χ2v) is 6.80. The number of carbonyl (C=O) groups excluding carboxylic acids is 1. The third kappa shape index (κ3) is 5.98. The van der Waals surface area contributed by atoms with Crippen molar-refractivity contribution in [2.45, 2.75) is 86.2 Å². The van der Waals surface area contributed by atoms with Crippen molar-refractivity contribution in [1.29, 1.82) is 0 Å². The molecule has 2 unspecified atom stereocenters. The van der Waals surface area contributed by atoms with Crippen molar-refractivity contribution in [3.8, 4) is 0 Å². The van der Waals surface area contributed by atoms with E-state index in [1.165, 1.54) is 0 Å². The molecule has 0 aliphatic heterocycles. The van der Waals surface area contributed by atoms with Gasteiger partial charge in [-0.3, -0.25) is 4.79 Å². The number of carbonyl (C=O) groups is 1. The van der Waals surface area contributed by atoms with Crippen molar-refractivity contribution in [2.75, 3.05) is 6.61 Å². The first kappa shape index (κ1) is 20.4.